The van der Waals surface area contributed by atoms with Gasteiger partial charge in [0.15, 0.2) is 0 Å². The third kappa shape index (κ3) is 0.686. The highest BCUT2D eigenvalue weighted by Gasteiger charge is 2.28. The molecule has 0 N–H and O–H groups in total. The molecular formula is C8H7NOS. The molecule has 1 aliphatic rings. The summed E-state index contributed by atoms with van der Waals surface area (Å²) in [5, 5.41) is 3.82. The second-order valence-electron chi connectivity index (χ2n) is 2.51. The predicted molar refractivity (Wildman–Crippen MR) is 45.4 cm³/mol. The smallest absolute Gasteiger partial charge is 0.259 e. The SMILES string of the molecule is C=C1c2cscc2C(=O)N1C. The van der Waals surface area contributed by atoms with Crippen molar-refractivity contribution in [1.82, 2.24) is 4.90 Å². The van der Waals surface area contributed by atoms with Crippen LogP contribution in [0.4, 0.5) is 0 Å². The average molecular weight is 165 g/mol. The summed E-state index contributed by atoms with van der Waals surface area (Å²) in [6.45, 7) is 3.81. The first kappa shape index (κ1) is 6.61. The van der Waals surface area contributed by atoms with Crippen LogP contribution >= 0.6 is 11.3 Å². The fraction of sp³-hybridized carbons (Fsp3) is 0.125. The van der Waals surface area contributed by atoms with Gasteiger partial charge in [-0.3, -0.25) is 4.79 Å². The molecule has 0 bridgehead atoms. The molecule has 11 heavy (non-hydrogen) atoms. The average Bonchev–Trinajstić information content (AvgIpc) is 2.53. The Hall–Kier alpha value is -1.09. The van der Waals surface area contributed by atoms with Crippen LogP contribution in [0.3, 0.4) is 0 Å². The lowest BCUT2D eigenvalue weighted by Gasteiger charge is -2.08. The Morgan fingerprint density at radius 3 is 2.73 bits per heavy atom. The van der Waals surface area contributed by atoms with E-state index in [1.54, 1.807) is 23.3 Å². The predicted octanol–water partition coefficient (Wildman–Crippen LogP) is 1.80. The fourth-order valence-electron chi connectivity index (χ4n) is 1.17. The number of rotatable bonds is 0. The molecule has 2 rings (SSSR count). The van der Waals surface area contributed by atoms with Crippen molar-refractivity contribution < 1.29 is 4.79 Å². The number of hydrogen-bond acceptors (Lipinski definition) is 2. The normalized spacial score (nSPS) is 15.9. The van der Waals surface area contributed by atoms with E-state index in [-0.39, 0.29) is 5.91 Å². The van der Waals surface area contributed by atoms with Gasteiger partial charge in [0.2, 0.25) is 0 Å². The van der Waals surface area contributed by atoms with Crippen molar-refractivity contribution in [2.75, 3.05) is 7.05 Å². The zero-order valence-corrected chi connectivity index (χ0v) is 6.94. The molecule has 0 aliphatic carbocycles. The van der Waals surface area contributed by atoms with Crippen LogP contribution in [0.1, 0.15) is 15.9 Å². The van der Waals surface area contributed by atoms with Gasteiger partial charge in [0, 0.05) is 29.1 Å². The van der Waals surface area contributed by atoms with Gasteiger partial charge in [-0.1, -0.05) is 6.58 Å². The first-order valence-electron chi connectivity index (χ1n) is 3.25. The topological polar surface area (TPSA) is 20.3 Å². The lowest BCUT2D eigenvalue weighted by molar-refractivity contribution is 0.0875. The number of hydrogen-bond donors (Lipinski definition) is 0. The highest BCUT2D eigenvalue weighted by Crippen LogP contribution is 2.32. The monoisotopic (exact) mass is 165 g/mol. The van der Waals surface area contributed by atoms with Crippen LogP contribution in [0.5, 0.6) is 0 Å². The Balaban J connectivity index is 2.65. The van der Waals surface area contributed by atoms with Gasteiger partial charge in [-0.25, -0.2) is 0 Å². The molecule has 1 aromatic rings. The Labute approximate surface area is 68.8 Å². The lowest BCUT2D eigenvalue weighted by Crippen LogP contribution is -2.16. The summed E-state index contributed by atoms with van der Waals surface area (Å²) >= 11 is 1.54. The van der Waals surface area contributed by atoms with E-state index in [1.807, 2.05) is 10.8 Å². The standard InChI is InChI=1S/C8H7NOS/c1-5-6-3-11-4-7(6)8(10)9(5)2/h3-4H,1H2,2H3. The van der Waals surface area contributed by atoms with Gasteiger partial charge >= 0.3 is 0 Å². The zero-order valence-electron chi connectivity index (χ0n) is 6.13. The van der Waals surface area contributed by atoms with Gasteiger partial charge in [0.1, 0.15) is 0 Å². The number of amides is 1. The second kappa shape index (κ2) is 1.95. The molecule has 0 radical (unpaired) electrons. The minimum absolute atomic E-state index is 0.0613. The van der Waals surface area contributed by atoms with E-state index in [1.165, 1.54) is 0 Å². The molecule has 0 spiro atoms. The highest BCUT2D eigenvalue weighted by atomic mass is 32.1. The first-order chi connectivity index (χ1) is 5.22. The molecule has 0 unspecified atom stereocenters. The Morgan fingerprint density at radius 1 is 1.45 bits per heavy atom. The Kier molecular flexibility index (Phi) is 1.17. The van der Waals surface area contributed by atoms with Gasteiger partial charge in [0.25, 0.3) is 5.91 Å². The van der Waals surface area contributed by atoms with Crippen LogP contribution in [0.25, 0.3) is 5.70 Å². The van der Waals surface area contributed by atoms with E-state index < -0.39 is 0 Å². The summed E-state index contributed by atoms with van der Waals surface area (Å²) in [4.78, 5) is 12.9. The van der Waals surface area contributed by atoms with Crippen molar-refractivity contribution in [3.63, 3.8) is 0 Å². The lowest BCUT2D eigenvalue weighted by atomic mass is 10.2. The van der Waals surface area contributed by atoms with Crippen LogP contribution in [-0.2, 0) is 0 Å². The van der Waals surface area contributed by atoms with Gasteiger partial charge < -0.3 is 4.90 Å². The molecule has 0 fully saturated rings. The molecule has 0 saturated carbocycles. The van der Waals surface area contributed by atoms with Gasteiger partial charge in [-0.15, -0.1) is 0 Å². The van der Waals surface area contributed by atoms with Gasteiger partial charge in [-0.2, -0.15) is 11.3 Å². The minimum Gasteiger partial charge on any atom is -0.311 e. The minimum atomic E-state index is 0.0613. The maximum atomic E-state index is 11.3. The summed E-state index contributed by atoms with van der Waals surface area (Å²) in [5.74, 6) is 0.0613. The Morgan fingerprint density at radius 2 is 2.09 bits per heavy atom. The molecule has 2 heterocycles. The number of nitrogens with zero attached hydrogens (tertiary/aromatic N) is 1. The van der Waals surface area contributed by atoms with E-state index in [4.69, 9.17) is 0 Å². The molecule has 0 atom stereocenters. The molecule has 1 amide bonds. The number of thiophene rings is 1. The summed E-state index contributed by atoms with van der Waals surface area (Å²) in [6.07, 6.45) is 0. The van der Waals surface area contributed by atoms with E-state index in [0.29, 0.717) is 0 Å². The van der Waals surface area contributed by atoms with Crippen molar-refractivity contribution in [2.24, 2.45) is 0 Å². The van der Waals surface area contributed by atoms with Gasteiger partial charge in [0.05, 0.1) is 5.56 Å². The molecule has 3 heteroatoms. The quantitative estimate of drug-likeness (QED) is 0.574. The van der Waals surface area contributed by atoms with Crippen molar-refractivity contribution in [2.45, 2.75) is 0 Å². The number of carbonyl (C=O) groups is 1. The van der Waals surface area contributed by atoms with Crippen molar-refractivity contribution in [3.8, 4) is 0 Å². The number of fused-ring (bicyclic) bond motifs is 1. The second-order valence-corrected chi connectivity index (χ2v) is 3.25. The van der Waals surface area contributed by atoms with E-state index >= 15 is 0 Å². The van der Waals surface area contributed by atoms with Crippen molar-refractivity contribution in [1.29, 1.82) is 0 Å². The van der Waals surface area contributed by atoms with Crippen molar-refractivity contribution in [3.05, 3.63) is 28.5 Å². The van der Waals surface area contributed by atoms with E-state index in [0.717, 1.165) is 16.8 Å². The zero-order chi connectivity index (χ0) is 8.01. The third-order valence-corrected chi connectivity index (χ3v) is 2.66. The largest absolute Gasteiger partial charge is 0.311 e. The highest BCUT2D eigenvalue weighted by molar-refractivity contribution is 7.08. The molecule has 1 aromatic heterocycles. The maximum absolute atomic E-state index is 11.3. The fourth-order valence-corrected chi connectivity index (χ4v) is 2.00. The summed E-state index contributed by atoms with van der Waals surface area (Å²) < 4.78 is 0. The van der Waals surface area contributed by atoms with Gasteiger partial charge in [-0.05, 0) is 0 Å². The van der Waals surface area contributed by atoms with Crippen molar-refractivity contribution >= 4 is 22.9 Å². The van der Waals surface area contributed by atoms with Crippen LogP contribution < -0.4 is 0 Å². The molecule has 1 aliphatic heterocycles. The first-order valence-corrected chi connectivity index (χ1v) is 4.19. The summed E-state index contributed by atoms with van der Waals surface area (Å²) in [6, 6.07) is 0. The van der Waals surface area contributed by atoms with Crippen LogP contribution in [-0.4, -0.2) is 17.9 Å². The summed E-state index contributed by atoms with van der Waals surface area (Å²) in [7, 11) is 1.75. The molecule has 0 aromatic carbocycles. The van der Waals surface area contributed by atoms with Crippen LogP contribution in [0.15, 0.2) is 17.3 Å². The van der Waals surface area contributed by atoms with E-state index in [9.17, 15) is 4.79 Å². The maximum Gasteiger partial charge on any atom is 0.259 e. The third-order valence-electron chi connectivity index (χ3n) is 1.91. The molecule has 0 saturated heterocycles. The summed E-state index contributed by atoms with van der Waals surface area (Å²) in [5.41, 5.74) is 2.59. The van der Waals surface area contributed by atoms with Crippen LogP contribution in [0.2, 0.25) is 0 Å². The number of carbonyl (C=O) groups excluding carboxylic acids is 1. The van der Waals surface area contributed by atoms with Crippen LogP contribution in [0, 0.1) is 0 Å². The van der Waals surface area contributed by atoms with E-state index in [2.05, 4.69) is 6.58 Å². The molecular weight excluding hydrogens is 158 g/mol. The Bertz CT molecular complexity index is 309. The molecule has 2 nitrogen and oxygen atoms in total. The molecule has 56 valence electrons.